The van der Waals surface area contributed by atoms with E-state index in [1.807, 2.05) is 30.3 Å². The van der Waals surface area contributed by atoms with Crippen LogP contribution in [0.3, 0.4) is 0 Å². The van der Waals surface area contributed by atoms with Crippen molar-refractivity contribution >= 4 is 15.9 Å². The molecule has 3 heteroatoms. The number of para-hydroxylation sites is 1. The maximum absolute atomic E-state index is 6.01. The second-order valence-corrected chi connectivity index (χ2v) is 6.27. The van der Waals surface area contributed by atoms with Gasteiger partial charge in [0.05, 0.1) is 12.7 Å². The number of hydrogen-bond acceptors (Lipinski definition) is 2. The molecule has 2 nitrogen and oxygen atoms in total. The molecule has 0 bridgehead atoms. The van der Waals surface area contributed by atoms with E-state index in [1.165, 1.54) is 12.8 Å². The van der Waals surface area contributed by atoms with Gasteiger partial charge in [0.2, 0.25) is 0 Å². The summed E-state index contributed by atoms with van der Waals surface area (Å²) in [5.41, 5.74) is 0.326. The van der Waals surface area contributed by atoms with Crippen LogP contribution in [0.1, 0.15) is 33.1 Å². The molecule has 0 heterocycles. The summed E-state index contributed by atoms with van der Waals surface area (Å²) in [6.07, 6.45) is 3.84. The van der Waals surface area contributed by atoms with Crippen LogP contribution in [0.2, 0.25) is 0 Å². The highest BCUT2D eigenvalue weighted by atomic mass is 79.9. The van der Waals surface area contributed by atoms with E-state index < -0.39 is 0 Å². The standard InChI is InChI=1S/C16H23BrO2/c1-3-16(4-2)14(17)12-15(16)19-11-10-18-13-8-6-5-7-9-13/h5-9,14-15H,3-4,10-12H2,1-2H3. The number of benzene rings is 1. The van der Waals surface area contributed by atoms with Crippen LogP contribution >= 0.6 is 15.9 Å². The lowest BCUT2D eigenvalue weighted by atomic mass is 9.62. The lowest BCUT2D eigenvalue weighted by Crippen LogP contribution is -2.55. The van der Waals surface area contributed by atoms with Crippen LogP contribution in [-0.4, -0.2) is 24.1 Å². The smallest absolute Gasteiger partial charge is 0.119 e. The van der Waals surface area contributed by atoms with Crippen LogP contribution in [0.25, 0.3) is 0 Å². The third-order valence-corrected chi connectivity index (χ3v) is 5.70. The first-order valence-electron chi connectivity index (χ1n) is 7.16. The first kappa shape index (κ1) is 14.9. The Hall–Kier alpha value is -0.540. The maximum atomic E-state index is 6.01. The van der Waals surface area contributed by atoms with Crippen LogP contribution in [0.4, 0.5) is 0 Å². The van der Waals surface area contributed by atoms with E-state index in [0.717, 1.165) is 12.2 Å². The molecule has 1 aliphatic rings. The van der Waals surface area contributed by atoms with Crippen LogP contribution in [0.15, 0.2) is 30.3 Å². The molecule has 2 atom stereocenters. The molecular weight excluding hydrogens is 304 g/mol. The molecule has 1 aromatic carbocycles. The molecule has 0 aromatic heterocycles. The van der Waals surface area contributed by atoms with Gasteiger partial charge in [-0.25, -0.2) is 0 Å². The van der Waals surface area contributed by atoms with Crippen LogP contribution in [0, 0.1) is 5.41 Å². The maximum Gasteiger partial charge on any atom is 0.119 e. The van der Waals surface area contributed by atoms with Crippen molar-refractivity contribution in [1.29, 1.82) is 0 Å². The molecule has 0 radical (unpaired) electrons. The summed E-state index contributed by atoms with van der Waals surface area (Å²) in [6.45, 7) is 5.81. The number of halogens is 1. The Morgan fingerprint density at radius 3 is 2.42 bits per heavy atom. The Bertz CT molecular complexity index is 376. The number of alkyl halides is 1. The van der Waals surface area contributed by atoms with E-state index in [0.29, 0.717) is 29.6 Å². The molecule has 0 amide bonds. The Morgan fingerprint density at radius 1 is 1.16 bits per heavy atom. The molecule has 19 heavy (non-hydrogen) atoms. The Labute approximate surface area is 124 Å². The van der Waals surface area contributed by atoms with Crippen molar-refractivity contribution in [2.45, 2.75) is 44.0 Å². The largest absolute Gasteiger partial charge is 0.491 e. The fraction of sp³-hybridized carbons (Fsp3) is 0.625. The van der Waals surface area contributed by atoms with E-state index in [4.69, 9.17) is 9.47 Å². The lowest BCUT2D eigenvalue weighted by Gasteiger charge is -2.53. The van der Waals surface area contributed by atoms with E-state index >= 15 is 0 Å². The highest BCUT2D eigenvalue weighted by molar-refractivity contribution is 9.09. The van der Waals surface area contributed by atoms with E-state index in [9.17, 15) is 0 Å². The normalized spacial score (nSPS) is 24.8. The predicted octanol–water partition coefficient (Wildman–Crippen LogP) is 4.42. The Morgan fingerprint density at radius 2 is 1.84 bits per heavy atom. The molecule has 1 aliphatic carbocycles. The van der Waals surface area contributed by atoms with Gasteiger partial charge in [0.25, 0.3) is 0 Å². The molecule has 0 aliphatic heterocycles. The summed E-state index contributed by atoms with van der Waals surface area (Å²) >= 11 is 3.78. The van der Waals surface area contributed by atoms with Gasteiger partial charge in [0.15, 0.2) is 0 Å². The zero-order valence-electron chi connectivity index (χ0n) is 11.8. The second-order valence-electron chi connectivity index (χ2n) is 5.16. The van der Waals surface area contributed by atoms with Gasteiger partial charge in [-0.1, -0.05) is 48.0 Å². The van der Waals surface area contributed by atoms with Crippen LogP contribution < -0.4 is 4.74 Å². The molecule has 0 spiro atoms. The summed E-state index contributed by atoms with van der Waals surface area (Å²) in [7, 11) is 0. The van der Waals surface area contributed by atoms with Crippen molar-refractivity contribution in [2.75, 3.05) is 13.2 Å². The minimum Gasteiger partial charge on any atom is -0.491 e. The first-order chi connectivity index (χ1) is 9.23. The van der Waals surface area contributed by atoms with Crippen LogP contribution in [0.5, 0.6) is 5.75 Å². The molecule has 2 rings (SSSR count). The second kappa shape index (κ2) is 6.76. The lowest BCUT2D eigenvalue weighted by molar-refractivity contribution is -0.112. The van der Waals surface area contributed by atoms with Crippen molar-refractivity contribution in [2.24, 2.45) is 5.41 Å². The van der Waals surface area contributed by atoms with Crippen molar-refractivity contribution in [3.8, 4) is 5.75 Å². The summed E-state index contributed by atoms with van der Waals surface area (Å²) in [6, 6.07) is 9.90. The Kier molecular flexibility index (Phi) is 5.28. The average molecular weight is 327 g/mol. The van der Waals surface area contributed by atoms with Crippen LogP contribution in [-0.2, 0) is 4.74 Å². The van der Waals surface area contributed by atoms with Gasteiger partial charge in [-0.15, -0.1) is 0 Å². The molecule has 1 aromatic rings. The van der Waals surface area contributed by atoms with E-state index in [-0.39, 0.29) is 0 Å². The third-order valence-electron chi connectivity index (χ3n) is 4.42. The number of rotatable bonds is 7. The molecule has 1 fully saturated rings. The third kappa shape index (κ3) is 3.14. The highest BCUT2D eigenvalue weighted by Gasteiger charge is 2.52. The van der Waals surface area contributed by atoms with Crippen molar-refractivity contribution in [3.63, 3.8) is 0 Å². The molecule has 0 saturated heterocycles. The quantitative estimate of drug-likeness (QED) is 0.545. The van der Waals surface area contributed by atoms with E-state index in [1.54, 1.807) is 0 Å². The highest BCUT2D eigenvalue weighted by Crippen LogP contribution is 2.52. The van der Waals surface area contributed by atoms with Gasteiger partial charge in [0, 0.05) is 10.2 Å². The summed E-state index contributed by atoms with van der Waals surface area (Å²) in [4.78, 5) is 0.607. The SMILES string of the molecule is CCC1(CC)C(Br)CC1OCCOc1ccccc1. The summed E-state index contributed by atoms with van der Waals surface area (Å²) < 4.78 is 11.7. The van der Waals surface area contributed by atoms with Crippen molar-refractivity contribution in [1.82, 2.24) is 0 Å². The van der Waals surface area contributed by atoms with Gasteiger partial charge in [-0.05, 0) is 31.4 Å². The zero-order chi connectivity index (χ0) is 13.7. The molecule has 1 saturated carbocycles. The van der Waals surface area contributed by atoms with Gasteiger partial charge < -0.3 is 9.47 Å². The van der Waals surface area contributed by atoms with Crippen molar-refractivity contribution < 1.29 is 9.47 Å². The van der Waals surface area contributed by atoms with E-state index in [2.05, 4.69) is 29.8 Å². The number of ether oxygens (including phenoxy) is 2. The van der Waals surface area contributed by atoms with Gasteiger partial charge in [-0.3, -0.25) is 0 Å². The first-order valence-corrected chi connectivity index (χ1v) is 8.08. The summed E-state index contributed by atoms with van der Waals surface area (Å²) in [5.74, 6) is 0.912. The fourth-order valence-corrected chi connectivity index (χ4v) is 4.23. The average Bonchev–Trinajstić information content (AvgIpc) is 2.45. The molecule has 2 unspecified atom stereocenters. The molecule has 0 N–H and O–H groups in total. The Balaban J connectivity index is 1.72. The zero-order valence-corrected chi connectivity index (χ0v) is 13.4. The van der Waals surface area contributed by atoms with Gasteiger partial charge in [-0.2, -0.15) is 0 Å². The predicted molar refractivity (Wildman–Crippen MR) is 82.0 cm³/mol. The molecular formula is C16H23BrO2. The number of hydrogen-bond donors (Lipinski definition) is 0. The minimum absolute atomic E-state index is 0.326. The minimum atomic E-state index is 0.326. The van der Waals surface area contributed by atoms with Crippen molar-refractivity contribution in [3.05, 3.63) is 30.3 Å². The topological polar surface area (TPSA) is 18.5 Å². The molecule has 106 valence electrons. The monoisotopic (exact) mass is 326 g/mol. The van der Waals surface area contributed by atoms with Gasteiger partial charge >= 0.3 is 0 Å². The fourth-order valence-electron chi connectivity index (χ4n) is 2.95. The summed E-state index contributed by atoms with van der Waals surface area (Å²) in [5, 5.41) is 0. The van der Waals surface area contributed by atoms with Gasteiger partial charge in [0.1, 0.15) is 12.4 Å².